The molecule has 0 radical (unpaired) electrons. The highest BCUT2D eigenvalue weighted by Gasteiger charge is 2.29. The molecule has 29 heavy (non-hydrogen) atoms. The summed E-state index contributed by atoms with van der Waals surface area (Å²) in [6.07, 6.45) is 1.99. The van der Waals surface area contributed by atoms with E-state index in [9.17, 15) is 24.0 Å². The minimum absolute atomic E-state index is 0.00129. The van der Waals surface area contributed by atoms with Crippen molar-refractivity contribution in [2.24, 2.45) is 0 Å². The number of hydrogen-bond donors (Lipinski definition) is 1. The molecule has 9 heteroatoms. The molecule has 1 rings (SSSR count). The third-order valence-electron chi connectivity index (χ3n) is 3.55. The van der Waals surface area contributed by atoms with Gasteiger partial charge in [0, 0.05) is 31.5 Å². The van der Waals surface area contributed by atoms with Crippen LogP contribution in [0.2, 0.25) is 0 Å². The first kappa shape index (κ1) is 24.3. The Balaban J connectivity index is 2.68. The van der Waals surface area contributed by atoms with E-state index in [1.165, 1.54) is 0 Å². The molecule has 1 atom stereocenters. The maximum atomic E-state index is 12.4. The lowest BCUT2D eigenvalue weighted by Gasteiger charge is -2.25. The molecule has 0 aromatic carbocycles. The Morgan fingerprint density at radius 1 is 0.931 bits per heavy atom. The van der Waals surface area contributed by atoms with Gasteiger partial charge >= 0.3 is 11.9 Å². The molecule has 3 amide bonds. The van der Waals surface area contributed by atoms with Crippen LogP contribution in [0.5, 0.6) is 0 Å². The van der Waals surface area contributed by atoms with Gasteiger partial charge in [-0.25, -0.2) is 4.79 Å². The summed E-state index contributed by atoms with van der Waals surface area (Å²) in [5.41, 5.74) is -1.43. The standard InChI is InChI=1S/C20H30N2O7/c1-19(2,3)28-17(26)10-7-13(18(27)29-20(4,5)6)21-14(23)11-12-22-15(24)8-9-16(22)25/h8-9,13H,7,10-12H2,1-6H3,(H,21,23). The van der Waals surface area contributed by atoms with Gasteiger partial charge in [-0.15, -0.1) is 0 Å². The summed E-state index contributed by atoms with van der Waals surface area (Å²) in [5, 5.41) is 2.52. The molecule has 1 unspecified atom stereocenters. The summed E-state index contributed by atoms with van der Waals surface area (Å²) in [4.78, 5) is 60.7. The second-order valence-electron chi connectivity index (χ2n) is 8.69. The monoisotopic (exact) mass is 410 g/mol. The average Bonchev–Trinajstić information content (AvgIpc) is 2.84. The molecule has 9 nitrogen and oxygen atoms in total. The first-order valence-corrected chi connectivity index (χ1v) is 9.45. The van der Waals surface area contributed by atoms with Crippen molar-refractivity contribution in [2.45, 2.75) is 78.0 Å². The lowest BCUT2D eigenvalue weighted by Crippen LogP contribution is -2.45. The van der Waals surface area contributed by atoms with Crippen molar-refractivity contribution in [3.63, 3.8) is 0 Å². The highest BCUT2D eigenvalue weighted by atomic mass is 16.6. The maximum Gasteiger partial charge on any atom is 0.329 e. The Morgan fingerprint density at radius 2 is 1.45 bits per heavy atom. The number of carbonyl (C=O) groups excluding carboxylic acids is 5. The minimum atomic E-state index is -1.06. The summed E-state index contributed by atoms with van der Waals surface area (Å²) in [6, 6.07) is -1.06. The van der Waals surface area contributed by atoms with Crippen LogP contribution in [0, 0.1) is 0 Å². The summed E-state index contributed by atoms with van der Waals surface area (Å²) in [7, 11) is 0. The van der Waals surface area contributed by atoms with Crippen LogP contribution in [0.3, 0.4) is 0 Å². The largest absolute Gasteiger partial charge is 0.460 e. The number of esters is 2. The Kier molecular flexibility index (Phi) is 8.11. The van der Waals surface area contributed by atoms with Crippen molar-refractivity contribution in [1.82, 2.24) is 10.2 Å². The molecule has 1 aliphatic rings. The van der Waals surface area contributed by atoms with Crippen molar-refractivity contribution in [3.8, 4) is 0 Å². The summed E-state index contributed by atoms with van der Waals surface area (Å²) >= 11 is 0. The smallest absolute Gasteiger partial charge is 0.329 e. The number of nitrogens with one attached hydrogen (secondary N) is 1. The molecule has 0 saturated heterocycles. The van der Waals surface area contributed by atoms with Crippen LogP contribution >= 0.6 is 0 Å². The van der Waals surface area contributed by atoms with Gasteiger partial charge in [-0.3, -0.25) is 24.1 Å². The first-order chi connectivity index (χ1) is 13.2. The zero-order chi connectivity index (χ0) is 22.4. The van der Waals surface area contributed by atoms with E-state index in [1.807, 2.05) is 0 Å². The Labute approximate surface area is 170 Å². The molecule has 162 valence electrons. The zero-order valence-corrected chi connectivity index (χ0v) is 17.9. The molecule has 0 saturated carbocycles. The number of rotatable bonds is 8. The Bertz CT molecular complexity index is 681. The molecular weight excluding hydrogens is 380 g/mol. The number of nitrogens with zero attached hydrogens (tertiary/aromatic N) is 1. The molecule has 1 N–H and O–H groups in total. The predicted octanol–water partition coefficient (Wildman–Crippen LogP) is 1.25. The van der Waals surface area contributed by atoms with Crippen LogP contribution in [0.4, 0.5) is 0 Å². The van der Waals surface area contributed by atoms with Gasteiger partial charge in [0.25, 0.3) is 11.8 Å². The average molecular weight is 410 g/mol. The van der Waals surface area contributed by atoms with E-state index in [0.717, 1.165) is 17.1 Å². The number of imide groups is 1. The number of hydrogen-bond acceptors (Lipinski definition) is 7. The lowest BCUT2D eigenvalue weighted by molar-refractivity contribution is -0.160. The van der Waals surface area contributed by atoms with Crippen molar-refractivity contribution < 1.29 is 33.4 Å². The zero-order valence-electron chi connectivity index (χ0n) is 17.9. The van der Waals surface area contributed by atoms with Gasteiger partial charge in [0.15, 0.2) is 0 Å². The van der Waals surface area contributed by atoms with Crippen molar-refractivity contribution in [1.29, 1.82) is 0 Å². The SMILES string of the molecule is CC(C)(C)OC(=O)CCC(NC(=O)CCN1C(=O)C=CC1=O)C(=O)OC(C)(C)C. The van der Waals surface area contributed by atoms with E-state index < -0.39 is 46.9 Å². The third kappa shape index (κ3) is 9.36. The fourth-order valence-corrected chi connectivity index (χ4v) is 2.41. The molecule has 0 aromatic heterocycles. The summed E-state index contributed by atoms with van der Waals surface area (Å²) in [5.74, 6) is -2.70. The minimum Gasteiger partial charge on any atom is -0.460 e. The Morgan fingerprint density at radius 3 is 1.93 bits per heavy atom. The molecular formula is C20H30N2O7. The second kappa shape index (κ2) is 9.67. The van der Waals surface area contributed by atoms with E-state index in [1.54, 1.807) is 41.5 Å². The van der Waals surface area contributed by atoms with Gasteiger partial charge in [0.1, 0.15) is 17.2 Å². The summed E-state index contributed by atoms with van der Waals surface area (Å²) < 4.78 is 10.5. The molecule has 0 aliphatic carbocycles. The van der Waals surface area contributed by atoms with Crippen molar-refractivity contribution in [3.05, 3.63) is 12.2 Å². The van der Waals surface area contributed by atoms with E-state index in [4.69, 9.17) is 9.47 Å². The van der Waals surface area contributed by atoms with Gasteiger partial charge in [-0.1, -0.05) is 0 Å². The van der Waals surface area contributed by atoms with Gasteiger partial charge in [-0.05, 0) is 48.0 Å². The van der Waals surface area contributed by atoms with Crippen LogP contribution in [0.1, 0.15) is 60.8 Å². The van der Waals surface area contributed by atoms with Crippen LogP contribution in [0.15, 0.2) is 12.2 Å². The molecule has 0 bridgehead atoms. The number of amides is 3. The molecule has 0 fully saturated rings. The van der Waals surface area contributed by atoms with Crippen molar-refractivity contribution in [2.75, 3.05) is 6.54 Å². The molecule has 1 aliphatic heterocycles. The fraction of sp³-hybridized carbons (Fsp3) is 0.650. The normalized spacial score (nSPS) is 15.3. The van der Waals surface area contributed by atoms with Gasteiger partial charge in [-0.2, -0.15) is 0 Å². The number of carbonyl (C=O) groups is 5. The van der Waals surface area contributed by atoms with Crippen LogP contribution in [-0.4, -0.2) is 58.3 Å². The van der Waals surface area contributed by atoms with Crippen LogP contribution < -0.4 is 5.32 Å². The number of ether oxygens (including phenoxy) is 2. The molecule has 0 spiro atoms. The van der Waals surface area contributed by atoms with Crippen molar-refractivity contribution >= 4 is 29.7 Å². The maximum absolute atomic E-state index is 12.4. The summed E-state index contributed by atoms with van der Waals surface area (Å²) in [6.45, 7) is 10.2. The fourth-order valence-electron chi connectivity index (χ4n) is 2.41. The van der Waals surface area contributed by atoms with Gasteiger partial charge < -0.3 is 14.8 Å². The van der Waals surface area contributed by atoms with Gasteiger partial charge in [0.2, 0.25) is 5.91 Å². The molecule has 1 heterocycles. The predicted molar refractivity (Wildman–Crippen MR) is 103 cm³/mol. The second-order valence-corrected chi connectivity index (χ2v) is 8.69. The highest BCUT2D eigenvalue weighted by molar-refractivity contribution is 6.13. The lowest BCUT2D eigenvalue weighted by atomic mass is 10.1. The van der Waals surface area contributed by atoms with Crippen LogP contribution in [0.25, 0.3) is 0 Å². The first-order valence-electron chi connectivity index (χ1n) is 9.45. The quantitative estimate of drug-likeness (QED) is 0.472. The Hall–Kier alpha value is -2.71. The van der Waals surface area contributed by atoms with E-state index in [0.29, 0.717) is 0 Å². The molecule has 0 aromatic rings. The van der Waals surface area contributed by atoms with Crippen LogP contribution in [-0.2, 0) is 33.4 Å². The third-order valence-corrected chi connectivity index (χ3v) is 3.55. The van der Waals surface area contributed by atoms with E-state index in [-0.39, 0.29) is 25.8 Å². The van der Waals surface area contributed by atoms with E-state index >= 15 is 0 Å². The van der Waals surface area contributed by atoms with E-state index in [2.05, 4.69) is 5.32 Å². The topological polar surface area (TPSA) is 119 Å². The van der Waals surface area contributed by atoms with Gasteiger partial charge in [0.05, 0.1) is 0 Å². The highest BCUT2D eigenvalue weighted by Crippen LogP contribution is 2.14.